The van der Waals surface area contributed by atoms with E-state index < -0.39 is 6.04 Å². The minimum Gasteiger partial charge on any atom is -0.454 e. The number of rotatable bonds is 10. The summed E-state index contributed by atoms with van der Waals surface area (Å²) in [7, 11) is 0. The van der Waals surface area contributed by atoms with Crippen LogP contribution in [0.4, 0.5) is 0 Å². The van der Waals surface area contributed by atoms with Gasteiger partial charge in [0.05, 0.1) is 0 Å². The molecule has 1 heterocycles. The molecule has 0 saturated carbocycles. The molecule has 0 radical (unpaired) electrons. The maximum absolute atomic E-state index is 13.2. The van der Waals surface area contributed by atoms with Gasteiger partial charge in [0.2, 0.25) is 18.6 Å². The number of aryl methyl sites for hydroxylation is 1. The van der Waals surface area contributed by atoms with E-state index >= 15 is 0 Å². The van der Waals surface area contributed by atoms with E-state index in [1.807, 2.05) is 62.4 Å². The van der Waals surface area contributed by atoms with Gasteiger partial charge in [-0.1, -0.05) is 43.3 Å². The van der Waals surface area contributed by atoms with Crippen molar-refractivity contribution >= 4 is 11.8 Å². The monoisotopic (exact) mass is 424 g/mol. The molecule has 0 saturated heterocycles. The largest absolute Gasteiger partial charge is 0.454 e. The first kappa shape index (κ1) is 22.7. The van der Waals surface area contributed by atoms with Gasteiger partial charge in [0, 0.05) is 19.0 Å². The number of carbonyl (C=O) groups excluding carboxylic acids is 2. The molecule has 1 N–H and O–H groups in total. The normalized spacial score (nSPS) is 14.0. The number of carbonyl (C=O) groups is 2. The van der Waals surface area contributed by atoms with E-state index in [1.165, 1.54) is 0 Å². The van der Waals surface area contributed by atoms with Crippen LogP contribution in [-0.4, -0.2) is 42.1 Å². The van der Waals surface area contributed by atoms with E-state index in [0.717, 1.165) is 23.3 Å². The molecule has 0 unspecified atom stereocenters. The van der Waals surface area contributed by atoms with Gasteiger partial charge in [-0.05, 0) is 56.4 Å². The second kappa shape index (κ2) is 10.8. The third-order valence-corrected chi connectivity index (χ3v) is 5.72. The smallest absolute Gasteiger partial charge is 0.242 e. The molecule has 2 amide bonds. The lowest BCUT2D eigenvalue weighted by molar-refractivity contribution is -0.140. The van der Waals surface area contributed by atoms with Crippen LogP contribution in [0.3, 0.4) is 0 Å². The zero-order chi connectivity index (χ0) is 22.2. The fourth-order valence-electron chi connectivity index (χ4n) is 3.53. The van der Waals surface area contributed by atoms with Crippen molar-refractivity contribution in [2.24, 2.45) is 0 Å². The molecule has 0 aromatic heterocycles. The van der Waals surface area contributed by atoms with Crippen LogP contribution >= 0.6 is 0 Å². The van der Waals surface area contributed by atoms with E-state index in [0.29, 0.717) is 31.6 Å². The van der Waals surface area contributed by atoms with E-state index in [-0.39, 0.29) is 24.6 Å². The van der Waals surface area contributed by atoms with Crippen molar-refractivity contribution in [3.63, 3.8) is 0 Å². The van der Waals surface area contributed by atoms with Gasteiger partial charge in [0.15, 0.2) is 11.5 Å². The summed E-state index contributed by atoms with van der Waals surface area (Å²) in [6.45, 7) is 6.54. The summed E-state index contributed by atoms with van der Waals surface area (Å²) >= 11 is 0. The van der Waals surface area contributed by atoms with Crippen molar-refractivity contribution < 1.29 is 19.1 Å². The fourth-order valence-corrected chi connectivity index (χ4v) is 3.53. The first-order chi connectivity index (χ1) is 15.0. The lowest BCUT2D eigenvalue weighted by Gasteiger charge is -2.29. The molecule has 0 fully saturated rings. The molecule has 2 aromatic carbocycles. The Morgan fingerprint density at radius 2 is 1.74 bits per heavy atom. The molecule has 2 aromatic rings. The van der Waals surface area contributed by atoms with E-state index in [9.17, 15) is 9.59 Å². The van der Waals surface area contributed by atoms with Crippen molar-refractivity contribution in [2.75, 3.05) is 13.3 Å². The van der Waals surface area contributed by atoms with Crippen molar-refractivity contribution in [3.05, 3.63) is 59.7 Å². The van der Waals surface area contributed by atoms with Crippen molar-refractivity contribution in [1.29, 1.82) is 0 Å². The van der Waals surface area contributed by atoms with Gasteiger partial charge in [-0.15, -0.1) is 0 Å². The Labute approximate surface area is 184 Å². The van der Waals surface area contributed by atoms with Crippen molar-refractivity contribution in [1.82, 2.24) is 10.2 Å². The third-order valence-electron chi connectivity index (χ3n) is 5.72. The first-order valence-electron chi connectivity index (χ1n) is 11.0. The summed E-state index contributed by atoms with van der Waals surface area (Å²) in [4.78, 5) is 27.6. The SMILES string of the molecule is CC[C@H](C)NC(=O)[C@@H](C)N(CCc1ccccc1)C(=O)CCc1ccc2c(c1)OCO2. The molecule has 1 aliphatic heterocycles. The van der Waals surface area contributed by atoms with Gasteiger partial charge >= 0.3 is 0 Å². The Hall–Kier alpha value is -3.02. The van der Waals surface area contributed by atoms with E-state index in [4.69, 9.17) is 9.47 Å². The predicted octanol–water partition coefficient (Wildman–Crippen LogP) is 3.72. The van der Waals surface area contributed by atoms with Crippen LogP contribution in [0.15, 0.2) is 48.5 Å². The Balaban J connectivity index is 1.66. The fraction of sp³-hybridized carbons (Fsp3) is 0.440. The third kappa shape index (κ3) is 6.23. The summed E-state index contributed by atoms with van der Waals surface area (Å²) in [5, 5.41) is 3.00. The van der Waals surface area contributed by atoms with E-state index in [2.05, 4.69) is 5.32 Å². The lowest BCUT2D eigenvalue weighted by atomic mass is 10.1. The number of fused-ring (bicyclic) bond motifs is 1. The highest BCUT2D eigenvalue weighted by Crippen LogP contribution is 2.32. The maximum atomic E-state index is 13.2. The Morgan fingerprint density at radius 3 is 2.48 bits per heavy atom. The average Bonchev–Trinajstić information content (AvgIpc) is 3.26. The number of nitrogens with zero attached hydrogens (tertiary/aromatic N) is 1. The van der Waals surface area contributed by atoms with Crippen LogP contribution in [-0.2, 0) is 22.4 Å². The Kier molecular flexibility index (Phi) is 7.93. The maximum Gasteiger partial charge on any atom is 0.242 e. The number of benzene rings is 2. The molecular weight excluding hydrogens is 392 g/mol. The molecule has 6 nitrogen and oxygen atoms in total. The van der Waals surface area contributed by atoms with Gasteiger partial charge in [-0.25, -0.2) is 0 Å². The molecular formula is C25H32N2O4. The predicted molar refractivity (Wildman–Crippen MR) is 120 cm³/mol. The number of amides is 2. The van der Waals surface area contributed by atoms with Gasteiger partial charge in [-0.2, -0.15) is 0 Å². The number of hydrogen-bond acceptors (Lipinski definition) is 4. The van der Waals surface area contributed by atoms with Crippen molar-refractivity contribution in [2.45, 2.75) is 58.5 Å². The highest BCUT2D eigenvalue weighted by molar-refractivity contribution is 5.87. The van der Waals surface area contributed by atoms with Crippen LogP contribution in [0.1, 0.15) is 44.7 Å². The van der Waals surface area contributed by atoms with Gasteiger partial charge in [0.1, 0.15) is 6.04 Å². The van der Waals surface area contributed by atoms with Crippen LogP contribution in [0, 0.1) is 0 Å². The van der Waals surface area contributed by atoms with Crippen LogP contribution < -0.4 is 14.8 Å². The van der Waals surface area contributed by atoms with Gasteiger partial charge in [0.25, 0.3) is 0 Å². The lowest BCUT2D eigenvalue weighted by Crippen LogP contribution is -2.50. The highest BCUT2D eigenvalue weighted by Gasteiger charge is 2.26. The summed E-state index contributed by atoms with van der Waals surface area (Å²) in [6, 6.07) is 15.3. The minimum absolute atomic E-state index is 0.0274. The highest BCUT2D eigenvalue weighted by atomic mass is 16.7. The zero-order valence-electron chi connectivity index (χ0n) is 18.6. The minimum atomic E-state index is -0.526. The Bertz CT molecular complexity index is 884. The van der Waals surface area contributed by atoms with Crippen molar-refractivity contribution in [3.8, 4) is 11.5 Å². The standard InChI is InChI=1S/C25H32N2O4/c1-4-18(2)26-25(29)19(3)27(15-14-20-8-6-5-7-9-20)24(28)13-11-21-10-12-22-23(16-21)31-17-30-22/h5-10,12,16,18-19H,4,11,13-15,17H2,1-3H3,(H,26,29)/t18-,19+/m0/s1. The van der Waals surface area contributed by atoms with Crippen LogP contribution in [0.5, 0.6) is 11.5 Å². The summed E-state index contributed by atoms with van der Waals surface area (Å²) in [5.41, 5.74) is 2.16. The quantitative estimate of drug-likeness (QED) is 0.631. The topological polar surface area (TPSA) is 67.9 Å². The molecule has 2 atom stereocenters. The Morgan fingerprint density at radius 1 is 1.00 bits per heavy atom. The molecule has 31 heavy (non-hydrogen) atoms. The number of hydrogen-bond donors (Lipinski definition) is 1. The molecule has 166 valence electrons. The van der Waals surface area contributed by atoms with Crippen LogP contribution in [0.2, 0.25) is 0 Å². The summed E-state index contributed by atoms with van der Waals surface area (Å²) in [5.74, 6) is 1.31. The summed E-state index contributed by atoms with van der Waals surface area (Å²) in [6.07, 6.45) is 2.46. The molecule has 6 heteroatoms. The second-order valence-corrected chi connectivity index (χ2v) is 8.00. The molecule has 1 aliphatic rings. The zero-order valence-corrected chi connectivity index (χ0v) is 18.6. The average molecular weight is 425 g/mol. The van der Waals surface area contributed by atoms with Gasteiger partial charge in [-0.3, -0.25) is 9.59 Å². The summed E-state index contributed by atoms with van der Waals surface area (Å²) < 4.78 is 10.8. The molecule has 0 spiro atoms. The first-order valence-corrected chi connectivity index (χ1v) is 11.0. The molecule has 0 aliphatic carbocycles. The number of nitrogens with one attached hydrogen (secondary N) is 1. The van der Waals surface area contributed by atoms with E-state index in [1.54, 1.807) is 11.8 Å². The van der Waals surface area contributed by atoms with Gasteiger partial charge < -0.3 is 19.7 Å². The molecule has 3 rings (SSSR count). The number of ether oxygens (including phenoxy) is 2. The second-order valence-electron chi connectivity index (χ2n) is 8.00. The van der Waals surface area contributed by atoms with Crippen LogP contribution in [0.25, 0.3) is 0 Å². The molecule has 0 bridgehead atoms.